The van der Waals surface area contributed by atoms with Gasteiger partial charge < -0.3 is 15.0 Å². The van der Waals surface area contributed by atoms with Crippen molar-refractivity contribution in [3.8, 4) is 5.75 Å². The largest absolute Gasteiger partial charge is 0.495 e. The fourth-order valence-electron chi connectivity index (χ4n) is 1.16. The van der Waals surface area contributed by atoms with Crippen LogP contribution in [-0.2, 0) is 6.54 Å². The lowest BCUT2D eigenvalue weighted by molar-refractivity contribution is 0.217. The summed E-state index contributed by atoms with van der Waals surface area (Å²) in [4.78, 5) is 12.8. The summed E-state index contributed by atoms with van der Waals surface area (Å²) in [5, 5.41) is 3.29. The summed E-state index contributed by atoms with van der Waals surface area (Å²) in [6.45, 7) is 0.445. The molecule has 0 aliphatic rings. The smallest absolute Gasteiger partial charge is 0.317 e. The second-order valence-electron chi connectivity index (χ2n) is 3.52. The van der Waals surface area contributed by atoms with Crippen LogP contribution in [0.25, 0.3) is 0 Å². The number of rotatable bonds is 3. The van der Waals surface area contributed by atoms with Crippen molar-refractivity contribution in [3.05, 3.63) is 28.8 Å². The van der Waals surface area contributed by atoms with E-state index >= 15 is 0 Å². The van der Waals surface area contributed by atoms with Crippen LogP contribution in [0.5, 0.6) is 5.75 Å². The number of hydrogen-bond acceptors (Lipinski definition) is 2. The molecule has 1 rings (SSSR count). The van der Waals surface area contributed by atoms with E-state index in [4.69, 9.17) is 16.3 Å². The maximum atomic E-state index is 11.3. The third-order valence-electron chi connectivity index (χ3n) is 2.07. The van der Waals surface area contributed by atoms with E-state index in [0.29, 0.717) is 17.3 Å². The number of amides is 2. The maximum absolute atomic E-state index is 11.3. The topological polar surface area (TPSA) is 41.6 Å². The van der Waals surface area contributed by atoms with Gasteiger partial charge in [-0.1, -0.05) is 17.7 Å². The molecular weight excluding hydrogens is 228 g/mol. The molecule has 0 atom stereocenters. The molecule has 0 spiro atoms. The molecule has 0 bridgehead atoms. The highest BCUT2D eigenvalue weighted by molar-refractivity contribution is 6.32. The minimum atomic E-state index is -0.132. The first kappa shape index (κ1) is 12.6. The number of hydrogen-bond donors (Lipinski definition) is 1. The second kappa shape index (κ2) is 5.61. The van der Waals surface area contributed by atoms with Gasteiger partial charge >= 0.3 is 6.03 Å². The number of benzene rings is 1. The zero-order valence-electron chi connectivity index (χ0n) is 9.58. The molecule has 2 amide bonds. The molecule has 0 saturated carbocycles. The van der Waals surface area contributed by atoms with Crippen LogP contribution in [-0.4, -0.2) is 32.1 Å². The molecule has 0 radical (unpaired) electrons. The summed E-state index contributed by atoms with van der Waals surface area (Å²) in [6, 6.07) is 5.28. The molecule has 4 nitrogen and oxygen atoms in total. The van der Waals surface area contributed by atoms with E-state index in [2.05, 4.69) is 5.32 Å². The highest BCUT2D eigenvalue weighted by Gasteiger charge is 2.04. The van der Waals surface area contributed by atoms with Crippen LogP contribution in [0, 0.1) is 0 Å². The zero-order valence-corrected chi connectivity index (χ0v) is 10.3. The molecule has 1 aromatic rings. The molecule has 88 valence electrons. The van der Waals surface area contributed by atoms with Crippen molar-refractivity contribution < 1.29 is 9.53 Å². The van der Waals surface area contributed by atoms with Crippen LogP contribution in [0.3, 0.4) is 0 Å². The van der Waals surface area contributed by atoms with Gasteiger partial charge in [0.1, 0.15) is 5.75 Å². The third kappa shape index (κ3) is 3.31. The minimum absolute atomic E-state index is 0.132. The molecule has 16 heavy (non-hydrogen) atoms. The van der Waals surface area contributed by atoms with Crippen molar-refractivity contribution in [2.24, 2.45) is 0 Å². The number of urea groups is 1. The number of halogens is 1. The van der Waals surface area contributed by atoms with Crippen molar-refractivity contribution in [2.45, 2.75) is 6.54 Å². The first-order valence-electron chi connectivity index (χ1n) is 4.82. The summed E-state index contributed by atoms with van der Waals surface area (Å²) >= 11 is 5.96. The number of carbonyl (C=O) groups is 1. The Bertz CT molecular complexity index is 380. The Morgan fingerprint density at radius 1 is 1.50 bits per heavy atom. The molecule has 1 N–H and O–H groups in total. The summed E-state index contributed by atoms with van der Waals surface area (Å²) in [5.41, 5.74) is 0.931. The lowest BCUT2D eigenvalue weighted by atomic mass is 10.2. The molecule has 1 aromatic carbocycles. The average molecular weight is 243 g/mol. The Labute approximate surface area is 100 Å². The van der Waals surface area contributed by atoms with Crippen LogP contribution < -0.4 is 10.1 Å². The minimum Gasteiger partial charge on any atom is -0.495 e. The molecule has 5 heteroatoms. The van der Waals surface area contributed by atoms with Gasteiger partial charge in [0.2, 0.25) is 0 Å². The fourth-order valence-corrected chi connectivity index (χ4v) is 1.44. The maximum Gasteiger partial charge on any atom is 0.317 e. The van der Waals surface area contributed by atoms with E-state index in [1.807, 2.05) is 6.07 Å². The van der Waals surface area contributed by atoms with Crippen molar-refractivity contribution in [1.82, 2.24) is 10.2 Å². The van der Waals surface area contributed by atoms with Crippen LogP contribution in [0.2, 0.25) is 5.02 Å². The first-order valence-corrected chi connectivity index (χ1v) is 5.20. The van der Waals surface area contributed by atoms with Gasteiger partial charge in [-0.3, -0.25) is 0 Å². The molecule has 0 unspecified atom stereocenters. The normalized spacial score (nSPS) is 9.75. The van der Waals surface area contributed by atoms with E-state index in [1.54, 1.807) is 33.3 Å². The molecule has 0 fully saturated rings. The lowest BCUT2D eigenvalue weighted by Gasteiger charge is -2.12. The second-order valence-corrected chi connectivity index (χ2v) is 3.93. The number of methoxy groups -OCH3 is 1. The van der Waals surface area contributed by atoms with Gasteiger partial charge in [-0.25, -0.2) is 4.79 Å². The molecular formula is C11H15ClN2O2. The summed E-state index contributed by atoms with van der Waals surface area (Å²) in [6.07, 6.45) is 0. The van der Waals surface area contributed by atoms with Gasteiger partial charge in [-0.2, -0.15) is 0 Å². The molecule has 0 aromatic heterocycles. The first-order chi connectivity index (χ1) is 7.54. The van der Waals surface area contributed by atoms with Crippen molar-refractivity contribution in [3.63, 3.8) is 0 Å². The van der Waals surface area contributed by atoms with Gasteiger partial charge in [0.15, 0.2) is 0 Å². The molecule has 0 heterocycles. The van der Waals surface area contributed by atoms with Gasteiger partial charge in [0, 0.05) is 20.6 Å². The van der Waals surface area contributed by atoms with E-state index in [-0.39, 0.29) is 6.03 Å². The number of nitrogens with zero attached hydrogens (tertiary/aromatic N) is 1. The Hall–Kier alpha value is -1.42. The van der Waals surface area contributed by atoms with E-state index < -0.39 is 0 Å². The van der Waals surface area contributed by atoms with Crippen molar-refractivity contribution in [2.75, 3.05) is 21.2 Å². The monoisotopic (exact) mass is 242 g/mol. The Balaban J connectivity index is 2.62. The number of nitrogens with one attached hydrogen (secondary N) is 1. The number of carbonyl (C=O) groups excluding carboxylic acids is 1. The lowest BCUT2D eigenvalue weighted by Crippen LogP contribution is -2.33. The van der Waals surface area contributed by atoms with Crippen molar-refractivity contribution >= 4 is 17.6 Å². The van der Waals surface area contributed by atoms with Gasteiger partial charge in [-0.15, -0.1) is 0 Å². The highest BCUT2D eigenvalue weighted by atomic mass is 35.5. The Kier molecular flexibility index (Phi) is 4.43. The standard InChI is InChI=1S/C11H15ClN2O2/c1-14(2)11(15)13-7-8-4-5-10(16-3)9(12)6-8/h4-6H,7H2,1-3H3,(H,13,15). The Morgan fingerprint density at radius 2 is 2.19 bits per heavy atom. The van der Waals surface area contributed by atoms with Crippen molar-refractivity contribution in [1.29, 1.82) is 0 Å². The average Bonchev–Trinajstić information content (AvgIpc) is 2.25. The summed E-state index contributed by atoms with van der Waals surface area (Å²) in [7, 11) is 4.95. The molecule has 0 saturated heterocycles. The summed E-state index contributed by atoms with van der Waals surface area (Å²) < 4.78 is 5.04. The quantitative estimate of drug-likeness (QED) is 0.882. The SMILES string of the molecule is COc1ccc(CNC(=O)N(C)C)cc1Cl. The van der Waals surface area contributed by atoms with E-state index in [0.717, 1.165) is 5.56 Å². The van der Waals surface area contributed by atoms with Gasteiger partial charge in [-0.05, 0) is 17.7 Å². The Morgan fingerprint density at radius 3 is 2.69 bits per heavy atom. The van der Waals surface area contributed by atoms with Gasteiger partial charge in [0.05, 0.1) is 12.1 Å². The van der Waals surface area contributed by atoms with E-state index in [9.17, 15) is 4.79 Å². The third-order valence-corrected chi connectivity index (χ3v) is 2.36. The van der Waals surface area contributed by atoms with Crippen LogP contribution in [0.1, 0.15) is 5.56 Å². The molecule has 0 aliphatic carbocycles. The summed E-state index contributed by atoms with van der Waals surface area (Å²) in [5.74, 6) is 0.629. The zero-order chi connectivity index (χ0) is 12.1. The fraction of sp³-hybridized carbons (Fsp3) is 0.364. The highest BCUT2D eigenvalue weighted by Crippen LogP contribution is 2.24. The van der Waals surface area contributed by atoms with Gasteiger partial charge in [0.25, 0.3) is 0 Å². The van der Waals surface area contributed by atoms with Crippen LogP contribution in [0.15, 0.2) is 18.2 Å². The molecule has 0 aliphatic heterocycles. The van der Waals surface area contributed by atoms with E-state index in [1.165, 1.54) is 4.90 Å². The van der Waals surface area contributed by atoms with Crippen LogP contribution >= 0.6 is 11.6 Å². The predicted molar refractivity (Wildman–Crippen MR) is 63.9 cm³/mol. The predicted octanol–water partition coefficient (Wildman–Crippen LogP) is 2.12. The number of ether oxygens (including phenoxy) is 1. The van der Waals surface area contributed by atoms with Crippen LogP contribution in [0.4, 0.5) is 4.79 Å².